The molecule has 1 aliphatic heterocycles. The van der Waals surface area contributed by atoms with Crippen LogP contribution in [-0.2, 0) is 13.0 Å². The maximum absolute atomic E-state index is 12.6. The number of hydrogen-bond acceptors (Lipinski definition) is 4. The van der Waals surface area contributed by atoms with Crippen LogP contribution in [0.4, 0.5) is 11.6 Å². The molecular weight excluding hydrogens is 324 g/mol. The van der Waals surface area contributed by atoms with Gasteiger partial charge < -0.3 is 10.2 Å². The Morgan fingerprint density at radius 3 is 2.54 bits per heavy atom. The number of hydrogen-bond donors (Lipinski definition) is 1. The number of rotatable bonds is 3. The standard InChI is InChI=1S/C21H20N4O/c1-15-13-19(20(26)23-18-9-3-2-4-10-18)24-21(22-15)25-12-11-16-7-5-6-8-17(16)14-25/h2-10,13H,11-12,14H2,1H3,(H,23,26). The Bertz CT molecular complexity index is 940. The van der Waals surface area contributed by atoms with Gasteiger partial charge in [0, 0.05) is 24.5 Å². The molecule has 0 unspecified atom stereocenters. The molecule has 2 aromatic carbocycles. The SMILES string of the molecule is Cc1cc(C(=O)Nc2ccccc2)nc(N2CCc3ccccc3C2)n1. The van der Waals surface area contributed by atoms with E-state index < -0.39 is 0 Å². The summed E-state index contributed by atoms with van der Waals surface area (Å²) in [6.07, 6.45) is 0.957. The van der Waals surface area contributed by atoms with E-state index in [1.165, 1.54) is 11.1 Å². The van der Waals surface area contributed by atoms with E-state index >= 15 is 0 Å². The molecular formula is C21H20N4O. The van der Waals surface area contributed by atoms with Crippen molar-refractivity contribution in [1.29, 1.82) is 0 Å². The van der Waals surface area contributed by atoms with E-state index in [0.29, 0.717) is 11.6 Å². The summed E-state index contributed by atoms with van der Waals surface area (Å²) in [6.45, 7) is 3.50. The number of fused-ring (bicyclic) bond motifs is 1. The number of benzene rings is 2. The molecule has 4 rings (SSSR count). The van der Waals surface area contributed by atoms with Crippen molar-refractivity contribution in [3.8, 4) is 0 Å². The van der Waals surface area contributed by atoms with Gasteiger partial charge in [-0.25, -0.2) is 9.97 Å². The van der Waals surface area contributed by atoms with Crippen molar-refractivity contribution >= 4 is 17.5 Å². The largest absolute Gasteiger partial charge is 0.336 e. The van der Waals surface area contributed by atoms with E-state index in [2.05, 4.69) is 44.5 Å². The van der Waals surface area contributed by atoms with Crippen LogP contribution in [0.3, 0.4) is 0 Å². The lowest BCUT2D eigenvalue weighted by molar-refractivity contribution is 0.102. The number of para-hydroxylation sites is 1. The lowest BCUT2D eigenvalue weighted by Gasteiger charge is -2.29. The highest BCUT2D eigenvalue weighted by Gasteiger charge is 2.20. The van der Waals surface area contributed by atoms with Gasteiger partial charge in [-0.3, -0.25) is 4.79 Å². The first-order valence-corrected chi connectivity index (χ1v) is 8.73. The number of nitrogens with zero attached hydrogens (tertiary/aromatic N) is 3. The second-order valence-corrected chi connectivity index (χ2v) is 6.45. The zero-order valence-electron chi connectivity index (χ0n) is 14.6. The van der Waals surface area contributed by atoms with Gasteiger partial charge >= 0.3 is 0 Å². The Morgan fingerprint density at radius 2 is 1.73 bits per heavy atom. The van der Waals surface area contributed by atoms with Gasteiger partial charge in [0.15, 0.2) is 0 Å². The van der Waals surface area contributed by atoms with Crippen LogP contribution < -0.4 is 10.2 Å². The summed E-state index contributed by atoms with van der Waals surface area (Å²) in [5, 5.41) is 2.88. The Kier molecular flexibility index (Phi) is 4.35. The molecule has 1 amide bonds. The van der Waals surface area contributed by atoms with Crippen molar-refractivity contribution in [2.45, 2.75) is 19.9 Å². The Labute approximate surface area is 152 Å². The molecule has 1 aromatic heterocycles. The Morgan fingerprint density at radius 1 is 1.00 bits per heavy atom. The second kappa shape index (κ2) is 6.96. The van der Waals surface area contributed by atoms with Gasteiger partial charge in [-0.15, -0.1) is 0 Å². The maximum Gasteiger partial charge on any atom is 0.274 e. The van der Waals surface area contributed by atoms with Crippen LogP contribution in [0.1, 0.15) is 27.3 Å². The van der Waals surface area contributed by atoms with Crippen LogP contribution in [0.15, 0.2) is 60.7 Å². The first-order valence-electron chi connectivity index (χ1n) is 8.73. The summed E-state index contributed by atoms with van der Waals surface area (Å²) in [5.41, 5.74) is 4.59. The summed E-state index contributed by atoms with van der Waals surface area (Å²) in [7, 11) is 0. The second-order valence-electron chi connectivity index (χ2n) is 6.45. The normalized spacial score (nSPS) is 13.2. The van der Waals surface area contributed by atoms with Crippen LogP contribution in [0, 0.1) is 6.92 Å². The molecule has 0 saturated carbocycles. The van der Waals surface area contributed by atoms with Crippen LogP contribution in [0.2, 0.25) is 0 Å². The maximum atomic E-state index is 12.6. The van der Waals surface area contributed by atoms with Crippen molar-refractivity contribution in [2.75, 3.05) is 16.8 Å². The third kappa shape index (κ3) is 3.42. The average Bonchev–Trinajstić information content (AvgIpc) is 2.68. The van der Waals surface area contributed by atoms with Crippen molar-refractivity contribution in [2.24, 2.45) is 0 Å². The smallest absolute Gasteiger partial charge is 0.274 e. The van der Waals surface area contributed by atoms with E-state index in [1.807, 2.05) is 37.3 Å². The number of aryl methyl sites for hydroxylation is 1. The van der Waals surface area contributed by atoms with E-state index in [1.54, 1.807) is 6.07 Å². The molecule has 130 valence electrons. The molecule has 0 spiro atoms. The monoisotopic (exact) mass is 344 g/mol. The predicted molar refractivity (Wildman–Crippen MR) is 102 cm³/mol. The van der Waals surface area contributed by atoms with Crippen LogP contribution in [0.5, 0.6) is 0 Å². The summed E-state index contributed by atoms with van der Waals surface area (Å²) >= 11 is 0. The molecule has 26 heavy (non-hydrogen) atoms. The number of carbonyl (C=O) groups is 1. The van der Waals surface area contributed by atoms with Crippen LogP contribution in [0.25, 0.3) is 0 Å². The summed E-state index contributed by atoms with van der Waals surface area (Å²) < 4.78 is 0. The highest BCUT2D eigenvalue weighted by atomic mass is 16.1. The molecule has 0 bridgehead atoms. The average molecular weight is 344 g/mol. The first-order chi connectivity index (χ1) is 12.7. The molecule has 1 aliphatic rings. The molecule has 0 aliphatic carbocycles. The molecule has 5 nitrogen and oxygen atoms in total. The fourth-order valence-corrected chi connectivity index (χ4v) is 3.19. The van der Waals surface area contributed by atoms with Gasteiger partial charge in [0.1, 0.15) is 5.69 Å². The van der Waals surface area contributed by atoms with Gasteiger partial charge in [-0.1, -0.05) is 42.5 Å². The van der Waals surface area contributed by atoms with Gasteiger partial charge in [0.25, 0.3) is 5.91 Å². The van der Waals surface area contributed by atoms with Crippen molar-refractivity contribution in [1.82, 2.24) is 9.97 Å². The van der Waals surface area contributed by atoms with Gasteiger partial charge in [0.2, 0.25) is 5.95 Å². The van der Waals surface area contributed by atoms with Gasteiger partial charge in [0.05, 0.1) is 0 Å². The number of anilines is 2. The number of aromatic nitrogens is 2. The first kappa shape index (κ1) is 16.3. The minimum Gasteiger partial charge on any atom is -0.336 e. The predicted octanol–water partition coefficient (Wildman–Crippen LogP) is 3.60. The Balaban J connectivity index is 1.58. The zero-order valence-corrected chi connectivity index (χ0v) is 14.6. The molecule has 0 atom stereocenters. The highest BCUT2D eigenvalue weighted by Crippen LogP contribution is 2.22. The topological polar surface area (TPSA) is 58.1 Å². The molecule has 1 N–H and O–H groups in total. The van der Waals surface area contributed by atoms with Crippen molar-refractivity contribution < 1.29 is 4.79 Å². The quantitative estimate of drug-likeness (QED) is 0.789. The molecule has 0 saturated heterocycles. The van der Waals surface area contributed by atoms with Crippen LogP contribution >= 0.6 is 0 Å². The van der Waals surface area contributed by atoms with Gasteiger partial charge in [-0.05, 0) is 42.7 Å². The van der Waals surface area contributed by atoms with E-state index in [4.69, 9.17) is 0 Å². The minimum atomic E-state index is -0.222. The highest BCUT2D eigenvalue weighted by molar-refractivity contribution is 6.03. The summed E-state index contributed by atoms with van der Waals surface area (Å²) in [4.78, 5) is 23.8. The van der Waals surface area contributed by atoms with Gasteiger partial charge in [-0.2, -0.15) is 0 Å². The lowest BCUT2D eigenvalue weighted by Crippen LogP contribution is -2.32. The third-order valence-corrected chi connectivity index (χ3v) is 4.52. The number of amides is 1. The lowest BCUT2D eigenvalue weighted by atomic mass is 10.0. The molecule has 5 heteroatoms. The number of nitrogens with one attached hydrogen (secondary N) is 1. The van der Waals surface area contributed by atoms with Crippen molar-refractivity contribution in [3.05, 3.63) is 83.2 Å². The fraction of sp³-hybridized carbons (Fsp3) is 0.190. The number of carbonyl (C=O) groups excluding carboxylic acids is 1. The third-order valence-electron chi connectivity index (χ3n) is 4.52. The van der Waals surface area contributed by atoms with Crippen LogP contribution in [-0.4, -0.2) is 22.4 Å². The molecule has 3 aromatic rings. The Hall–Kier alpha value is -3.21. The van der Waals surface area contributed by atoms with Crippen molar-refractivity contribution in [3.63, 3.8) is 0 Å². The zero-order chi connectivity index (χ0) is 17.9. The van der Waals surface area contributed by atoms with E-state index in [-0.39, 0.29) is 5.91 Å². The molecule has 0 radical (unpaired) electrons. The molecule has 2 heterocycles. The summed E-state index contributed by atoms with van der Waals surface area (Å²) in [6, 6.07) is 19.6. The van der Waals surface area contributed by atoms with E-state index in [9.17, 15) is 4.79 Å². The minimum absolute atomic E-state index is 0.222. The van der Waals surface area contributed by atoms with E-state index in [0.717, 1.165) is 30.9 Å². The molecule has 0 fully saturated rings. The summed E-state index contributed by atoms with van der Waals surface area (Å²) in [5.74, 6) is 0.387. The fourth-order valence-electron chi connectivity index (χ4n) is 3.19.